The summed E-state index contributed by atoms with van der Waals surface area (Å²) in [6.45, 7) is 0. The number of carbonyl (C=O) groups excluding carboxylic acids is 1. The smallest absolute Gasteiger partial charge is 0.211 e. The van der Waals surface area contributed by atoms with Crippen LogP contribution >= 0.6 is 0 Å². The zero-order valence-electron chi connectivity index (χ0n) is 9.11. The van der Waals surface area contributed by atoms with Crippen LogP contribution in [0.2, 0.25) is 0 Å². The number of hydrogen-bond donors (Lipinski definition) is 0. The van der Waals surface area contributed by atoms with Gasteiger partial charge in [-0.1, -0.05) is 24.3 Å². The molecule has 0 saturated carbocycles. The second kappa shape index (κ2) is 3.77. The summed E-state index contributed by atoms with van der Waals surface area (Å²) in [5, 5.41) is 0. The lowest BCUT2D eigenvalue weighted by atomic mass is 10.0. The highest BCUT2D eigenvalue weighted by atomic mass is 19.1. The monoisotopic (exact) mass is 227 g/mol. The van der Waals surface area contributed by atoms with Crippen molar-refractivity contribution in [2.24, 2.45) is 0 Å². The maximum absolute atomic E-state index is 13.1. The molecule has 0 atom stereocenters. The summed E-state index contributed by atoms with van der Waals surface area (Å²) in [4.78, 5) is 16.2. The molecule has 1 heterocycles. The highest BCUT2D eigenvalue weighted by Crippen LogP contribution is 2.23. The second-order valence-electron chi connectivity index (χ2n) is 4.15. The third kappa shape index (κ3) is 1.64. The summed E-state index contributed by atoms with van der Waals surface area (Å²) in [5.41, 5.74) is 2.78. The largest absolute Gasteiger partial charge is 0.287 e. The van der Waals surface area contributed by atoms with Crippen molar-refractivity contribution in [2.75, 3.05) is 0 Å². The van der Waals surface area contributed by atoms with E-state index in [2.05, 4.69) is 4.98 Å². The Morgan fingerprint density at radius 2 is 1.88 bits per heavy atom. The normalized spacial score (nSPS) is 13.8. The molecule has 0 fully saturated rings. The number of fused-ring (bicyclic) bond motifs is 2. The summed E-state index contributed by atoms with van der Waals surface area (Å²) in [6, 6.07) is 8.90. The number of ketones is 1. The van der Waals surface area contributed by atoms with Crippen LogP contribution in [0.1, 0.15) is 27.2 Å². The molecule has 2 nitrogen and oxygen atoms in total. The van der Waals surface area contributed by atoms with Crippen molar-refractivity contribution in [3.8, 4) is 0 Å². The molecule has 0 spiro atoms. The molecule has 0 N–H and O–H groups in total. The quantitative estimate of drug-likeness (QED) is 0.692. The van der Waals surface area contributed by atoms with Crippen molar-refractivity contribution in [3.05, 3.63) is 64.7 Å². The van der Waals surface area contributed by atoms with Gasteiger partial charge < -0.3 is 0 Å². The third-order valence-corrected chi connectivity index (χ3v) is 3.07. The van der Waals surface area contributed by atoms with Crippen LogP contribution in [0.4, 0.5) is 4.39 Å². The summed E-state index contributed by atoms with van der Waals surface area (Å²) < 4.78 is 13.1. The van der Waals surface area contributed by atoms with Gasteiger partial charge in [-0.3, -0.25) is 4.79 Å². The molecule has 3 heteroatoms. The van der Waals surface area contributed by atoms with Crippen molar-refractivity contribution < 1.29 is 9.18 Å². The molecular weight excluding hydrogens is 217 g/mol. The number of pyridine rings is 1. The van der Waals surface area contributed by atoms with Crippen molar-refractivity contribution in [1.82, 2.24) is 4.98 Å². The van der Waals surface area contributed by atoms with Crippen LogP contribution in [0.15, 0.2) is 36.5 Å². The van der Waals surface area contributed by atoms with Crippen LogP contribution in [0.25, 0.3) is 0 Å². The zero-order chi connectivity index (χ0) is 11.8. The zero-order valence-corrected chi connectivity index (χ0v) is 9.11. The summed E-state index contributed by atoms with van der Waals surface area (Å²) in [6.07, 6.45) is 2.51. The van der Waals surface area contributed by atoms with Crippen LogP contribution in [0.3, 0.4) is 0 Å². The van der Waals surface area contributed by atoms with E-state index in [0.717, 1.165) is 18.2 Å². The van der Waals surface area contributed by atoms with Crippen LogP contribution < -0.4 is 0 Å². The first kappa shape index (κ1) is 10.1. The molecule has 0 aliphatic heterocycles. The summed E-state index contributed by atoms with van der Waals surface area (Å²) in [7, 11) is 0. The lowest BCUT2D eigenvalue weighted by Crippen LogP contribution is -2.07. The SMILES string of the molecule is O=C1c2ccccc2CCc2cc(F)cnc21. The van der Waals surface area contributed by atoms with Crippen molar-refractivity contribution >= 4 is 5.78 Å². The number of nitrogens with zero attached hydrogens (tertiary/aromatic N) is 1. The van der Waals surface area contributed by atoms with Crippen LogP contribution in [0.5, 0.6) is 0 Å². The third-order valence-electron chi connectivity index (χ3n) is 3.07. The van der Waals surface area contributed by atoms with Crippen molar-refractivity contribution in [1.29, 1.82) is 0 Å². The van der Waals surface area contributed by atoms with E-state index in [4.69, 9.17) is 0 Å². The maximum atomic E-state index is 13.1. The minimum absolute atomic E-state index is 0.104. The second-order valence-corrected chi connectivity index (χ2v) is 4.15. The molecule has 0 amide bonds. The van der Waals surface area contributed by atoms with Gasteiger partial charge in [0.1, 0.15) is 11.5 Å². The Morgan fingerprint density at radius 1 is 1.12 bits per heavy atom. The number of carbonyl (C=O) groups is 1. The van der Waals surface area contributed by atoms with Gasteiger partial charge in [0.25, 0.3) is 0 Å². The van der Waals surface area contributed by atoms with E-state index in [1.165, 1.54) is 6.07 Å². The van der Waals surface area contributed by atoms with E-state index in [-0.39, 0.29) is 11.6 Å². The molecule has 3 rings (SSSR count). The maximum Gasteiger partial charge on any atom is 0.211 e. The van der Waals surface area contributed by atoms with E-state index in [0.29, 0.717) is 23.2 Å². The van der Waals surface area contributed by atoms with Crippen LogP contribution in [0, 0.1) is 5.82 Å². The Bertz CT molecular complexity index is 607. The average molecular weight is 227 g/mol. The summed E-state index contributed by atoms with van der Waals surface area (Å²) >= 11 is 0. The molecule has 1 aliphatic rings. The minimum atomic E-state index is -0.387. The van der Waals surface area contributed by atoms with Gasteiger partial charge in [0.15, 0.2) is 0 Å². The van der Waals surface area contributed by atoms with Gasteiger partial charge in [-0.05, 0) is 30.0 Å². The first-order valence-electron chi connectivity index (χ1n) is 5.53. The molecule has 17 heavy (non-hydrogen) atoms. The molecule has 2 aromatic rings. The van der Waals surface area contributed by atoms with E-state index < -0.39 is 0 Å². The molecule has 0 bridgehead atoms. The lowest BCUT2D eigenvalue weighted by molar-refractivity contribution is 0.103. The Labute approximate surface area is 98.1 Å². The predicted molar refractivity (Wildman–Crippen MR) is 61.5 cm³/mol. The molecular formula is C14H10FNO. The number of benzene rings is 1. The number of aromatic nitrogens is 1. The van der Waals surface area contributed by atoms with Gasteiger partial charge in [0, 0.05) is 5.56 Å². The number of rotatable bonds is 0. The fraction of sp³-hybridized carbons (Fsp3) is 0.143. The molecule has 1 aromatic carbocycles. The molecule has 1 aromatic heterocycles. The van der Waals surface area contributed by atoms with E-state index >= 15 is 0 Å². The van der Waals surface area contributed by atoms with Gasteiger partial charge >= 0.3 is 0 Å². The first-order valence-corrected chi connectivity index (χ1v) is 5.53. The molecule has 84 valence electrons. The van der Waals surface area contributed by atoms with E-state index in [1.807, 2.05) is 18.2 Å². The van der Waals surface area contributed by atoms with Crippen molar-refractivity contribution in [3.63, 3.8) is 0 Å². The standard InChI is InChI=1S/C14H10FNO/c15-11-7-10-6-5-9-3-1-2-4-12(9)14(17)13(10)16-8-11/h1-4,7-8H,5-6H2. The van der Waals surface area contributed by atoms with Gasteiger partial charge in [0.05, 0.1) is 6.20 Å². The highest BCUT2D eigenvalue weighted by Gasteiger charge is 2.22. The predicted octanol–water partition coefficient (Wildman–Crippen LogP) is 2.55. The average Bonchev–Trinajstić information content (AvgIpc) is 2.48. The first-order chi connectivity index (χ1) is 8.25. The van der Waals surface area contributed by atoms with Crippen molar-refractivity contribution in [2.45, 2.75) is 12.8 Å². The van der Waals surface area contributed by atoms with E-state index in [9.17, 15) is 9.18 Å². The Hall–Kier alpha value is -2.03. The van der Waals surface area contributed by atoms with Crippen LogP contribution in [-0.2, 0) is 12.8 Å². The Kier molecular flexibility index (Phi) is 2.25. The molecule has 0 unspecified atom stereocenters. The topological polar surface area (TPSA) is 30.0 Å². The molecule has 1 aliphatic carbocycles. The Morgan fingerprint density at radius 3 is 2.76 bits per heavy atom. The minimum Gasteiger partial charge on any atom is -0.287 e. The van der Waals surface area contributed by atoms with Gasteiger partial charge in [-0.2, -0.15) is 0 Å². The number of halogens is 1. The van der Waals surface area contributed by atoms with Gasteiger partial charge in [-0.25, -0.2) is 9.37 Å². The number of hydrogen-bond acceptors (Lipinski definition) is 2. The van der Waals surface area contributed by atoms with Crippen LogP contribution in [-0.4, -0.2) is 10.8 Å². The van der Waals surface area contributed by atoms with Gasteiger partial charge in [-0.15, -0.1) is 0 Å². The number of aryl methyl sites for hydroxylation is 2. The molecule has 0 saturated heterocycles. The van der Waals surface area contributed by atoms with Gasteiger partial charge in [0.2, 0.25) is 5.78 Å². The fourth-order valence-corrected chi connectivity index (χ4v) is 2.23. The fourth-order valence-electron chi connectivity index (χ4n) is 2.23. The highest BCUT2D eigenvalue weighted by molar-refractivity contribution is 6.09. The Balaban J connectivity index is 2.20. The summed E-state index contributed by atoms with van der Waals surface area (Å²) in [5.74, 6) is -0.490. The molecule has 0 radical (unpaired) electrons. The lowest BCUT2D eigenvalue weighted by Gasteiger charge is -2.03. The van der Waals surface area contributed by atoms with E-state index in [1.54, 1.807) is 6.07 Å².